The van der Waals surface area contributed by atoms with Gasteiger partial charge in [-0.05, 0) is 18.3 Å². The quantitative estimate of drug-likeness (QED) is 0.670. The van der Waals surface area contributed by atoms with Gasteiger partial charge in [-0.2, -0.15) is 0 Å². The number of amides is 1. The fourth-order valence-corrected chi connectivity index (χ4v) is 2.14. The lowest BCUT2D eigenvalue weighted by Gasteiger charge is -2.25. The maximum absolute atomic E-state index is 12.0. The fraction of sp³-hybridized carbons (Fsp3) is 0.846. The number of carboxylic acids is 1. The zero-order chi connectivity index (χ0) is 14.7. The monoisotopic (exact) mass is 272 g/mol. The lowest BCUT2D eigenvalue weighted by Crippen LogP contribution is -2.55. The highest BCUT2D eigenvalue weighted by Crippen LogP contribution is 2.24. The van der Waals surface area contributed by atoms with E-state index in [1.807, 2.05) is 20.8 Å². The normalized spacial score (nSPS) is 25.1. The van der Waals surface area contributed by atoms with Crippen LogP contribution in [0.1, 0.15) is 33.6 Å². The summed E-state index contributed by atoms with van der Waals surface area (Å²) >= 11 is 0. The molecule has 4 N–H and O–H groups in total. The van der Waals surface area contributed by atoms with Crippen LogP contribution in [-0.4, -0.2) is 42.3 Å². The molecule has 6 nitrogen and oxygen atoms in total. The van der Waals surface area contributed by atoms with Crippen molar-refractivity contribution in [3.63, 3.8) is 0 Å². The van der Waals surface area contributed by atoms with E-state index in [0.29, 0.717) is 19.4 Å². The zero-order valence-corrected chi connectivity index (χ0v) is 11.9. The van der Waals surface area contributed by atoms with Gasteiger partial charge in [-0.3, -0.25) is 9.59 Å². The number of rotatable bonds is 5. The Morgan fingerprint density at radius 2 is 2.11 bits per heavy atom. The van der Waals surface area contributed by atoms with E-state index in [1.165, 1.54) is 0 Å². The van der Waals surface area contributed by atoms with Crippen molar-refractivity contribution in [2.75, 3.05) is 19.8 Å². The van der Waals surface area contributed by atoms with Gasteiger partial charge in [-0.15, -0.1) is 0 Å². The molecule has 1 heterocycles. The van der Waals surface area contributed by atoms with Gasteiger partial charge in [0, 0.05) is 13.2 Å². The molecule has 1 fully saturated rings. The Balaban J connectivity index is 2.52. The molecule has 0 spiro atoms. The topological polar surface area (TPSA) is 102 Å². The third-order valence-electron chi connectivity index (χ3n) is 3.22. The van der Waals surface area contributed by atoms with Crippen LogP contribution in [0.15, 0.2) is 0 Å². The molecule has 0 radical (unpaired) electrons. The van der Waals surface area contributed by atoms with E-state index in [9.17, 15) is 14.7 Å². The number of nitrogens with one attached hydrogen (secondary N) is 1. The maximum Gasteiger partial charge on any atom is 0.308 e. The van der Waals surface area contributed by atoms with Crippen molar-refractivity contribution in [3.05, 3.63) is 0 Å². The minimum Gasteiger partial charge on any atom is -0.481 e. The highest BCUT2D eigenvalue weighted by atomic mass is 16.5. The Kier molecular flexibility index (Phi) is 4.92. The average Bonchev–Trinajstić information content (AvgIpc) is 2.70. The highest BCUT2D eigenvalue weighted by molar-refractivity contribution is 5.87. The van der Waals surface area contributed by atoms with Crippen molar-refractivity contribution >= 4 is 11.9 Å². The first-order valence-electron chi connectivity index (χ1n) is 6.52. The highest BCUT2D eigenvalue weighted by Gasteiger charge is 2.38. The molecule has 1 saturated heterocycles. The Bertz CT molecular complexity index is 343. The number of nitrogens with two attached hydrogens (primary N) is 1. The van der Waals surface area contributed by atoms with Gasteiger partial charge in [0.2, 0.25) is 5.91 Å². The molecule has 110 valence electrons. The first kappa shape index (κ1) is 15.9. The minimum absolute atomic E-state index is 0.102. The van der Waals surface area contributed by atoms with Crippen LogP contribution in [0.2, 0.25) is 0 Å². The molecule has 19 heavy (non-hydrogen) atoms. The summed E-state index contributed by atoms with van der Waals surface area (Å²) < 4.78 is 5.11. The standard InChI is InChI=1S/C13H24N2O4/c1-12(2,3)6-9(10(16)17)7-15-11(18)13(14)4-5-19-8-13/h9H,4-8,14H2,1-3H3,(H,15,18)(H,16,17). The van der Waals surface area contributed by atoms with Crippen molar-refractivity contribution in [1.82, 2.24) is 5.32 Å². The molecule has 0 saturated carbocycles. The minimum atomic E-state index is -1.01. The van der Waals surface area contributed by atoms with Crippen molar-refractivity contribution in [1.29, 1.82) is 0 Å². The molecule has 1 aliphatic heterocycles. The van der Waals surface area contributed by atoms with Crippen LogP contribution in [0.4, 0.5) is 0 Å². The number of carbonyl (C=O) groups excluding carboxylic acids is 1. The molecule has 0 aromatic heterocycles. The Hall–Kier alpha value is -1.14. The van der Waals surface area contributed by atoms with Crippen molar-refractivity contribution in [3.8, 4) is 0 Å². The molecule has 1 amide bonds. The van der Waals surface area contributed by atoms with Crippen LogP contribution in [0, 0.1) is 11.3 Å². The zero-order valence-electron chi connectivity index (χ0n) is 11.9. The van der Waals surface area contributed by atoms with Gasteiger partial charge in [-0.25, -0.2) is 0 Å². The first-order chi connectivity index (χ1) is 8.64. The van der Waals surface area contributed by atoms with Gasteiger partial charge in [-0.1, -0.05) is 20.8 Å². The second-order valence-corrected chi connectivity index (χ2v) is 6.47. The largest absolute Gasteiger partial charge is 0.481 e. The molecule has 0 bridgehead atoms. The van der Waals surface area contributed by atoms with E-state index in [0.717, 1.165) is 0 Å². The van der Waals surface area contributed by atoms with E-state index in [1.54, 1.807) is 0 Å². The molecule has 6 heteroatoms. The Morgan fingerprint density at radius 3 is 2.53 bits per heavy atom. The van der Waals surface area contributed by atoms with Gasteiger partial charge in [0.1, 0.15) is 5.54 Å². The molecule has 1 rings (SSSR count). The lowest BCUT2D eigenvalue weighted by atomic mass is 9.84. The van der Waals surface area contributed by atoms with Crippen LogP contribution in [0.3, 0.4) is 0 Å². The van der Waals surface area contributed by atoms with Gasteiger partial charge < -0.3 is 20.9 Å². The predicted molar refractivity (Wildman–Crippen MR) is 70.6 cm³/mol. The first-order valence-corrected chi connectivity index (χ1v) is 6.52. The molecule has 2 atom stereocenters. The van der Waals surface area contributed by atoms with Gasteiger partial charge >= 0.3 is 5.97 Å². The number of aliphatic carboxylic acids is 1. The lowest BCUT2D eigenvalue weighted by molar-refractivity contribution is -0.142. The third kappa shape index (κ3) is 4.80. The summed E-state index contributed by atoms with van der Waals surface area (Å²) in [6, 6.07) is 0. The van der Waals surface area contributed by atoms with Crippen molar-refractivity contribution < 1.29 is 19.4 Å². The second kappa shape index (κ2) is 5.88. The molecular formula is C13H24N2O4. The van der Waals surface area contributed by atoms with E-state index < -0.39 is 17.4 Å². The summed E-state index contributed by atoms with van der Waals surface area (Å²) in [5.74, 6) is -1.83. The summed E-state index contributed by atoms with van der Waals surface area (Å²) in [5.41, 5.74) is 4.79. The number of hydrogen-bond acceptors (Lipinski definition) is 4. The Labute approximate surface area is 113 Å². The molecule has 0 aromatic carbocycles. The van der Waals surface area contributed by atoms with Crippen LogP contribution in [-0.2, 0) is 14.3 Å². The molecular weight excluding hydrogens is 248 g/mol. The SMILES string of the molecule is CC(C)(C)CC(CNC(=O)C1(N)CCOC1)C(=O)O. The molecule has 0 aromatic rings. The summed E-state index contributed by atoms with van der Waals surface area (Å²) in [5, 5.41) is 11.8. The number of ether oxygens (including phenoxy) is 1. The number of carboxylic acid groups (broad SMARTS) is 1. The summed E-state index contributed by atoms with van der Waals surface area (Å²) in [7, 11) is 0. The smallest absolute Gasteiger partial charge is 0.308 e. The van der Waals surface area contributed by atoms with E-state index in [2.05, 4.69) is 5.32 Å². The maximum atomic E-state index is 12.0. The van der Waals surface area contributed by atoms with Crippen LogP contribution < -0.4 is 11.1 Å². The average molecular weight is 272 g/mol. The van der Waals surface area contributed by atoms with E-state index >= 15 is 0 Å². The predicted octanol–water partition coefficient (Wildman–Crippen LogP) is 0.357. The summed E-state index contributed by atoms with van der Waals surface area (Å²) in [4.78, 5) is 23.1. The second-order valence-electron chi connectivity index (χ2n) is 6.47. The molecule has 1 aliphatic rings. The van der Waals surface area contributed by atoms with E-state index in [-0.39, 0.29) is 24.5 Å². The van der Waals surface area contributed by atoms with Gasteiger partial charge in [0.25, 0.3) is 0 Å². The van der Waals surface area contributed by atoms with Crippen LogP contribution in [0.25, 0.3) is 0 Å². The number of hydrogen-bond donors (Lipinski definition) is 3. The fourth-order valence-electron chi connectivity index (χ4n) is 2.14. The van der Waals surface area contributed by atoms with Gasteiger partial charge in [0.05, 0.1) is 12.5 Å². The number of carbonyl (C=O) groups is 2. The summed E-state index contributed by atoms with van der Waals surface area (Å²) in [6.45, 7) is 6.68. The Morgan fingerprint density at radius 1 is 1.47 bits per heavy atom. The van der Waals surface area contributed by atoms with Crippen LogP contribution in [0.5, 0.6) is 0 Å². The van der Waals surface area contributed by atoms with Crippen molar-refractivity contribution in [2.45, 2.75) is 39.2 Å². The molecule has 0 aliphatic carbocycles. The van der Waals surface area contributed by atoms with Crippen LogP contribution >= 0.6 is 0 Å². The van der Waals surface area contributed by atoms with E-state index in [4.69, 9.17) is 10.5 Å². The molecule has 2 unspecified atom stereocenters. The van der Waals surface area contributed by atoms with Gasteiger partial charge in [0.15, 0.2) is 0 Å². The third-order valence-corrected chi connectivity index (χ3v) is 3.22. The van der Waals surface area contributed by atoms with Crippen molar-refractivity contribution in [2.24, 2.45) is 17.1 Å². The summed E-state index contributed by atoms with van der Waals surface area (Å²) in [6.07, 6.45) is 0.965.